The molecule has 0 saturated carbocycles. The highest BCUT2D eigenvalue weighted by Gasteiger charge is 2.22. The van der Waals surface area contributed by atoms with Gasteiger partial charge in [-0.15, -0.1) is 12.4 Å². The van der Waals surface area contributed by atoms with Crippen molar-refractivity contribution in [2.45, 2.75) is 12.5 Å². The Morgan fingerprint density at radius 1 is 1.42 bits per heavy atom. The summed E-state index contributed by atoms with van der Waals surface area (Å²) in [7, 11) is 1.95. The number of hydrogen-bond acceptors (Lipinski definition) is 4. The Balaban J connectivity index is 0.00000133. The SMILES string of the molecule is CNCC1OCCc2c(-c3cnoc3)cccc21.Cl. The fraction of sp³-hybridized carbons (Fsp3) is 0.357. The van der Waals surface area contributed by atoms with Gasteiger partial charge in [0.1, 0.15) is 6.26 Å². The first kappa shape index (κ1) is 14.1. The maximum atomic E-state index is 5.82. The van der Waals surface area contributed by atoms with E-state index in [1.807, 2.05) is 7.05 Å². The van der Waals surface area contributed by atoms with Crippen LogP contribution >= 0.6 is 12.4 Å². The number of halogens is 1. The zero-order valence-corrected chi connectivity index (χ0v) is 11.6. The maximum Gasteiger partial charge on any atom is 0.131 e. The Bertz CT molecular complexity index is 528. The van der Waals surface area contributed by atoms with Gasteiger partial charge in [-0.05, 0) is 30.2 Å². The molecule has 0 fully saturated rings. The van der Waals surface area contributed by atoms with E-state index in [0.29, 0.717) is 0 Å². The van der Waals surface area contributed by atoms with Crippen LogP contribution in [0.3, 0.4) is 0 Å². The molecule has 1 atom stereocenters. The first-order valence-corrected chi connectivity index (χ1v) is 6.18. The van der Waals surface area contributed by atoms with E-state index < -0.39 is 0 Å². The van der Waals surface area contributed by atoms with Crippen LogP contribution in [0.15, 0.2) is 35.2 Å². The maximum absolute atomic E-state index is 5.82. The minimum atomic E-state index is 0. The van der Waals surface area contributed by atoms with E-state index >= 15 is 0 Å². The fourth-order valence-corrected chi connectivity index (χ4v) is 2.54. The third-order valence-corrected chi connectivity index (χ3v) is 3.36. The third kappa shape index (κ3) is 2.66. The van der Waals surface area contributed by atoms with Crippen molar-refractivity contribution in [1.29, 1.82) is 0 Å². The van der Waals surface area contributed by atoms with Crippen molar-refractivity contribution >= 4 is 12.4 Å². The Morgan fingerprint density at radius 2 is 2.32 bits per heavy atom. The topological polar surface area (TPSA) is 47.3 Å². The van der Waals surface area contributed by atoms with Crippen LogP contribution in [0, 0.1) is 0 Å². The first-order valence-electron chi connectivity index (χ1n) is 6.18. The lowest BCUT2D eigenvalue weighted by molar-refractivity contribution is 0.0440. The summed E-state index contributed by atoms with van der Waals surface area (Å²) in [5.41, 5.74) is 4.87. The van der Waals surface area contributed by atoms with Crippen LogP contribution in [-0.2, 0) is 11.2 Å². The van der Waals surface area contributed by atoms with Crippen molar-refractivity contribution in [3.63, 3.8) is 0 Å². The molecule has 0 amide bonds. The van der Waals surface area contributed by atoms with Crippen LogP contribution < -0.4 is 5.32 Å². The highest BCUT2D eigenvalue weighted by Crippen LogP contribution is 2.33. The average molecular weight is 281 g/mol. The summed E-state index contributed by atoms with van der Waals surface area (Å²) in [4.78, 5) is 0. The Hall–Kier alpha value is -1.36. The molecule has 0 radical (unpaired) electrons. The molecule has 1 aliphatic rings. The summed E-state index contributed by atoms with van der Waals surface area (Å²) < 4.78 is 10.8. The van der Waals surface area contributed by atoms with Gasteiger partial charge in [-0.3, -0.25) is 0 Å². The molecule has 19 heavy (non-hydrogen) atoms. The zero-order chi connectivity index (χ0) is 12.4. The molecule has 0 bridgehead atoms. The molecule has 0 spiro atoms. The van der Waals surface area contributed by atoms with Crippen molar-refractivity contribution < 1.29 is 9.26 Å². The fourth-order valence-electron chi connectivity index (χ4n) is 2.54. The average Bonchev–Trinajstić information content (AvgIpc) is 2.93. The van der Waals surface area contributed by atoms with Gasteiger partial charge in [-0.1, -0.05) is 23.4 Å². The van der Waals surface area contributed by atoms with Crippen LogP contribution in [0.2, 0.25) is 0 Å². The van der Waals surface area contributed by atoms with Gasteiger partial charge in [0.05, 0.1) is 18.9 Å². The molecular weight excluding hydrogens is 264 g/mol. The Morgan fingerprint density at radius 3 is 3.05 bits per heavy atom. The van der Waals surface area contributed by atoms with E-state index in [-0.39, 0.29) is 18.5 Å². The number of nitrogens with zero attached hydrogens (tertiary/aromatic N) is 1. The Labute approximate surface area is 118 Å². The van der Waals surface area contributed by atoms with Crippen LogP contribution in [0.25, 0.3) is 11.1 Å². The van der Waals surface area contributed by atoms with E-state index in [2.05, 4.69) is 28.7 Å². The van der Waals surface area contributed by atoms with Gasteiger partial charge in [0, 0.05) is 12.1 Å². The van der Waals surface area contributed by atoms with E-state index in [1.165, 1.54) is 16.7 Å². The second-order valence-corrected chi connectivity index (χ2v) is 4.45. The minimum Gasteiger partial charge on any atom is -0.372 e. The van der Waals surface area contributed by atoms with Gasteiger partial charge in [-0.2, -0.15) is 0 Å². The van der Waals surface area contributed by atoms with Crippen LogP contribution in [0.5, 0.6) is 0 Å². The van der Waals surface area contributed by atoms with Gasteiger partial charge in [0.25, 0.3) is 0 Å². The monoisotopic (exact) mass is 280 g/mol. The number of aromatic nitrogens is 1. The molecule has 1 aromatic heterocycles. The van der Waals surface area contributed by atoms with Crippen molar-refractivity contribution in [1.82, 2.24) is 10.5 Å². The molecule has 5 heteroatoms. The van der Waals surface area contributed by atoms with Gasteiger partial charge in [0.2, 0.25) is 0 Å². The molecule has 3 rings (SSSR count). The van der Waals surface area contributed by atoms with Gasteiger partial charge in [0.15, 0.2) is 0 Å². The summed E-state index contributed by atoms with van der Waals surface area (Å²) >= 11 is 0. The first-order chi connectivity index (χ1) is 8.90. The van der Waals surface area contributed by atoms with Crippen LogP contribution in [0.1, 0.15) is 17.2 Å². The highest BCUT2D eigenvalue weighted by atomic mass is 35.5. The number of hydrogen-bond donors (Lipinski definition) is 1. The quantitative estimate of drug-likeness (QED) is 0.939. The molecule has 1 N–H and O–H groups in total. The molecule has 1 aliphatic heterocycles. The lowest BCUT2D eigenvalue weighted by Gasteiger charge is -2.27. The second-order valence-electron chi connectivity index (χ2n) is 4.45. The summed E-state index contributed by atoms with van der Waals surface area (Å²) in [5.74, 6) is 0. The van der Waals surface area contributed by atoms with Gasteiger partial charge < -0.3 is 14.6 Å². The number of fused-ring (bicyclic) bond motifs is 1. The van der Waals surface area contributed by atoms with E-state index in [4.69, 9.17) is 9.26 Å². The summed E-state index contributed by atoms with van der Waals surface area (Å²) in [5, 5.41) is 6.96. The highest BCUT2D eigenvalue weighted by molar-refractivity contribution is 5.85. The zero-order valence-electron chi connectivity index (χ0n) is 10.8. The Kier molecular flexibility index (Phi) is 4.58. The van der Waals surface area contributed by atoms with Gasteiger partial charge >= 0.3 is 0 Å². The number of nitrogens with one attached hydrogen (secondary N) is 1. The number of rotatable bonds is 3. The van der Waals surface area contributed by atoms with E-state index in [0.717, 1.165) is 25.1 Å². The normalized spacial score (nSPS) is 17.6. The molecule has 2 aromatic rings. The van der Waals surface area contributed by atoms with E-state index in [1.54, 1.807) is 12.5 Å². The molecule has 0 aliphatic carbocycles. The third-order valence-electron chi connectivity index (χ3n) is 3.36. The second kappa shape index (κ2) is 6.19. The van der Waals surface area contributed by atoms with Crippen molar-refractivity contribution in [2.24, 2.45) is 0 Å². The standard InChI is InChI=1S/C14H16N2O2.ClH/c1-15-8-14-13-4-2-3-11(10-7-16-18-9-10)12(13)5-6-17-14;/h2-4,7,9,14-15H,5-6,8H2,1H3;1H. The number of ether oxygens (including phenoxy) is 1. The summed E-state index contributed by atoms with van der Waals surface area (Å²) in [6.45, 7) is 1.60. The van der Waals surface area contributed by atoms with Crippen molar-refractivity contribution in [3.05, 3.63) is 41.8 Å². The lowest BCUT2D eigenvalue weighted by Crippen LogP contribution is -2.25. The largest absolute Gasteiger partial charge is 0.372 e. The number of benzene rings is 1. The molecule has 0 saturated heterocycles. The smallest absolute Gasteiger partial charge is 0.131 e. The van der Waals surface area contributed by atoms with Crippen LogP contribution in [0.4, 0.5) is 0 Å². The van der Waals surface area contributed by atoms with Crippen molar-refractivity contribution in [2.75, 3.05) is 20.2 Å². The minimum absolute atomic E-state index is 0. The molecular formula is C14H17ClN2O2. The molecule has 102 valence electrons. The predicted molar refractivity (Wildman–Crippen MR) is 75.5 cm³/mol. The molecule has 4 nitrogen and oxygen atoms in total. The molecule has 1 aromatic carbocycles. The molecule has 2 heterocycles. The van der Waals surface area contributed by atoms with Crippen LogP contribution in [-0.4, -0.2) is 25.4 Å². The number of likely N-dealkylation sites (N-methyl/N-ethyl adjacent to an activating group) is 1. The predicted octanol–water partition coefficient (Wildman–Crippen LogP) is 2.60. The van der Waals surface area contributed by atoms with Crippen molar-refractivity contribution in [3.8, 4) is 11.1 Å². The van der Waals surface area contributed by atoms with Gasteiger partial charge in [-0.25, -0.2) is 0 Å². The lowest BCUT2D eigenvalue weighted by atomic mass is 9.90. The summed E-state index contributed by atoms with van der Waals surface area (Å²) in [6.07, 6.45) is 4.53. The summed E-state index contributed by atoms with van der Waals surface area (Å²) in [6, 6.07) is 6.33. The molecule has 1 unspecified atom stereocenters. The van der Waals surface area contributed by atoms with E-state index in [9.17, 15) is 0 Å².